The van der Waals surface area contributed by atoms with Gasteiger partial charge < -0.3 is 9.72 Å². The van der Waals surface area contributed by atoms with E-state index in [9.17, 15) is 13.2 Å². The van der Waals surface area contributed by atoms with Crippen molar-refractivity contribution in [3.63, 3.8) is 0 Å². The van der Waals surface area contributed by atoms with Crippen LogP contribution in [0.1, 0.15) is 55.5 Å². The number of nitrogens with zero attached hydrogens (tertiary/aromatic N) is 2. The molecular formula is C31H36F3N3O. The van der Waals surface area contributed by atoms with E-state index in [4.69, 9.17) is 9.72 Å². The van der Waals surface area contributed by atoms with Crippen LogP contribution in [-0.4, -0.2) is 40.1 Å². The molecule has 1 aromatic heterocycles. The molecule has 4 aromatic rings. The Bertz CT molecular complexity index is 1400. The van der Waals surface area contributed by atoms with Crippen LogP contribution in [0.4, 0.5) is 13.2 Å². The van der Waals surface area contributed by atoms with Gasteiger partial charge in [0.05, 0.1) is 16.6 Å². The van der Waals surface area contributed by atoms with Gasteiger partial charge in [-0.25, -0.2) is 4.98 Å². The second kappa shape index (κ2) is 11.2. The number of imidazole rings is 1. The molecule has 0 saturated carbocycles. The molecule has 0 aliphatic carbocycles. The number of rotatable bonds is 9. The van der Waals surface area contributed by atoms with Crippen molar-refractivity contribution in [1.82, 2.24) is 14.9 Å². The molecule has 202 valence electrons. The highest BCUT2D eigenvalue weighted by Gasteiger charge is 2.33. The lowest BCUT2D eigenvalue weighted by Gasteiger charge is -2.30. The Morgan fingerprint density at radius 2 is 1.61 bits per heavy atom. The van der Waals surface area contributed by atoms with Crippen molar-refractivity contribution in [2.45, 2.75) is 66.2 Å². The number of aromatic nitrogens is 2. The first-order valence-electron chi connectivity index (χ1n) is 13.1. The third kappa shape index (κ3) is 6.21. The summed E-state index contributed by atoms with van der Waals surface area (Å²) < 4.78 is 47.4. The van der Waals surface area contributed by atoms with Crippen LogP contribution in [-0.2, 0) is 12.6 Å². The molecule has 1 heterocycles. The summed E-state index contributed by atoms with van der Waals surface area (Å²) in [5, 5.41) is 0. The molecule has 0 atom stereocenters. The predicted molar refractivity (Wildman–Crippen MR) is 148 cm³/mol. The number of halogens is 3. The normalized spacial score (nSPS) is 12.3. The minimum atomic E-state index is -4.43. The van der Waals surface area contributed by atoms with Crippen LogP contribution in [0.5, 0.6) is 5.75 Å². The zero-order valence-electron chi connectivity index (χ0n) is 22.9. The minimum Gasteiger partial charge on any atom is -0.492 e. The monoisotopic (exact) mass is 523 g/mol. The molecule has 0 aliphatic heterocycles. The first-order chi connectivity index (χ1) is 17.9. The average molecular weight is 524 g/mol. The van der Waals surface area contributed by atoms with Gasteiger partial charge in [0.1, 0.15) is 18.2 Å². The summed E-state index contributed by atoms with van der Waals surface area (Å²) in [5.41, 5.74) is 4.90. The molecule has 0 saturated heterocycles. The highest BCUT2D eigenvalue weighted by atomic mass is 19.4. The largest absolute Gasteiger partial charge is 0.492 e. The third-order valence-corrected chi connectivity index (χ3v) is 7.07. The fraction of sp³-hybridized carbons (Fsp3) is 0.387. The van der Waals surface area contributed by atoms with Crippen molar-refractivity contribution >= 4 is 11.0 Å². The zero-order chi connectivity index (χ0) is 27.6. The second-order valence-corrected chi connectivity index (χ2v) is 10.5. The smallest absolute Gasteiger partial charge is 0.416 e. The molecule has 0 bridgehead atoms. The number of hydrogen-bond donors (Lipinski definition) is 1. The summed E-state index contributed by atoms with van der Waals surface area (Å²) in [7, 11) is 0. The van der Waals surface area contributed by atoms with Crippen LogP contribution in [0.15, 0.2) is 54.6 Å². The fourth-order valence-corrected chi connectivity index (χ4v) is 4.94. The summed E-state index contributed by atoms with van der Waals surface area (Å²) in [5.74, 6) is 1.29. The highest BCUT2D eigenvalue weighted by Crippen LogP contribution is 2.35. The Kier molecular flexibility index (Phi) is 8.16. The summed E-state index contributed by atoms with van der Waals surface area (Å²) in [6, 6.07) is 16.3. The van der Waals surface area contributed by atoms with Gasteiger partial charge in [-0.1, -0.05) is 30.3 Å². The van der Waals surface area contributed by atoms with Crippen molar-refractivity contribution in [2.75, 3.05) is 13.2 Å². The second-order valence-electron chi connectivity index (χ2n) is 10.5. The Morgan fingerprint density at radius 1 is 0.895 bits per heavy atom. The van der Waals surface area contributed by atoms with Crippen molar-refractivity contribution in [1.29, 1.82) is 0 Å². The number of ether oxygens (including phenoxy) is 1. The van der Waals surface area contributed by atoms with E-state index in [2.05, 4.69) is 50.6 Å². The first-order valence-corrected chi connectivity index (χ1v) is 13.1. The zero-order valence-corrected chi connectivity index (χ0v) is 22.9. The lowest BCUT2D eigenvalue weighted by atomic mass is 9.98. The maximum absolute atomic E-state index is 13.8. The predicted octanol–water partition coefficient (Wildman–Crippen LogP) is 7.95. The Labute approximate surface area is 222 Å². The van der Waals surface area contributed by atoms with Crippen LogP contribution in [0.2, 0.25) is 0 Å². The summed E-state index contributed by atoms with van der Waals surface area (Å²) in [4.78, 5) is 10.6. The van der Waals surface area contributed by atoms with E-state index in [1.807, 2.05) is 31.2 Å². The van der Waals surface area contributed by atoms with E-state index < -0.39 is 11.7 Å². The van der Waals surface area contributed by atoms with Gasteiger partial charge in [-0.3, -0.25) is 4.90 Å². The van der Waals surface area contributed by atoms with Crippen molar-refractivity contribution in [2.24, 2.45) is 0 Å². The first kappa shape index (κ1) is 27.7. The highest BCUT2D eigenvalue weighted by molar-refractivity contribution is 5.84. The number of nitrogens with one attached hydrogen (secondary N) is 1. The summed E-state index contributed by atoms with van der Waals surface area (Å²) in [6.45, 7) is 13.9. The van der Waals surface area contributed by atoms with Crippen molar-refractivity contribution < 1.29 is 17.9 Å². The number of hydrogen-bond acceptors (Lipinski definition) is 3. The Hall–Kier alpha value is -3.32. The quantitative estimate of drug-likeness (QED) is 0.242. The molecule has 3 aromatic carbocycles. The Morgan fingerprint density at radius 3 is 2.26 bits per heavy atom. The van der Waals surface area contributed by atoms with Gasteiger partial charge in [0.2, 0.25) is 0 Å². The van der Waals surface area contributed by atoms with E-state index in [0.29, 0.717) is 41.3 Å². The van der Waals surface area contributed by atoms with Gasteiger partial charge in [0, 0.05) is 36.7 Å². The number of aromatic amines is 1. The minimum absolute atomic E-state index is 0.0880. The molecule has 0 spiro atoms. The molecule has 1 N–H and O–H groups in total. The van der Waals surface area contributed by atoms with Gasteiger partial charge in [0.15, 0.2) is 0 Å². The molecular weight excluding hydrogens is 487 g/mol. The van der Waals surface area contributed by atoms with Crippen LogP contribution < -0.4 is 4.74 Å². The summed E-state index contributed by atoms with van der Waals surface area (Å²) in [6.07, 6.45) is -4.35. The van der Waals surface area contributed by atoms with Crippen molar-refractivity contribution in [3.05, 3.63) is 82.4 Å². The number of fused-ring (bicyclic) bond motifs is 1. The van der Waals surface area contributed by atoms with E-state index in [1.165, 1.54) is 17.7 Å². The van der Waals surface area contributed by atoms with Crippen LogP contribution in [0, 0.1) is 13.8 Å². The van der Waals surface area contributed by atoms with Crippen molar-refractivity contribution in [3.8, 4) is 17.1 Å². The topological polar surface area (TPSA) is 41.1 Å². The molecule has 0 unspecified atom stereocenters. The van der Waals surface area contributed by atoms with Crippen LogP contribution in [0.25, 0.3) is 22.4 Å². The molecule has 0 amide bonds. The SMILES string of the molecule is Cc1ccc(-c2nc3c(Cc4ccccc4C(F)(F)F)cc(OCCN(C(C)C)C(C)C)cc3[nH]2)cc1C. The third-order valence-electron chi connectivity index (χ3n) is 7.07. The maximum atomic E-state index is 13.8. The number of H-pyrrole nitrogens is 1. The lowest BCUT2D eigenvalue weighted by molar-refractivity contribution is -0.138. The molecule has 0 fully saturated rings. The lowest BCUT2D eigenvalue weighted by Crippen LogP contribution is -2.39. The van der Waals surface area contributed by atoms with E-state index in [0.717, 1.165) is 29.3 Å². The molecule has 4 rings (SSSR count). The molecule has 38 heavy (non-hydrogen) atoms. The van der Waals surface area contributed by atoms with E-state index in [-0.39, 0.29) is 12.0 Å². The average Bonchev–Trinajstić information content (AvgIpc) is 3.27. The number of aryl methyl sites for hydroxylation is 2. The maximum Gasteiger partial charge on any atom is 0.416 e. The van der Waals surface area contributed by atoms with Gasteiger partial charge in [0.25, 0.3) is 0 Å². The Balaban J connectivity index is 1.74. The molecule has 7 heteroatoms. The standard InChI is InChI=1S/C31H36F3N3O/c1-19(2)37(20(3)4)13-14-38-26-17-25(16-23-9-7-8-10-27(23)31(32,33)34)29-28(18-26)35-30(36-29)24-12-11-21(5)22(6)15-24/h7-12,15,17-20H,13-14,16H2,1-6H3,(H,35,36). The molecule has 4 nitrogen and oxygen atoms in total. The van der Waals surface area contributed by atoms with E-state index >= 15 is 0 Å². The molecule has 0 radical (unpaired) electrons. The van der Waals surface area contributed by atoms with Gasteiger partial charge in [-0.15, -0.1) is 0 Å². The number of alkyl halides is 3. The fourth-order valence-electron chi connectivity index (χ4n) is 4.94. The van der Waals surface area contributed by atoms with Gasteiger partial charge in [-0.05, 0) is 82.0 Å². The van der Waals surface area contributed by atoms with E-state index in [1.54, 1.807) is 6.07 Å². The van der Waals surface area contributed by atoms with Crippen LogP contribution >= 0.6 is 0 Å². The van der Waals surface area contributed by atoms with Crippen LogP contribution in [0.3, 0.4) is 0 Å². The number of benzene rings is 3. The van der Waals surface area contributed by atoms with Gasteiger partial charge >= 0.3 is 6.18 Å². The van der Waals surface area contributed by atoms with Gasteiger partial charge in [-0.2, -0.15) is 13.2 Å². The summed E-state index contributed by atoms with van der Waals surface area (Å²) >= 11 is 0. The molecule has 0 aliphatic rings.